The number of nitriles is 2. The van der Waals surface area contributed by atoms with E-state index >= 15 is 0 Å². The number of carbonyl (C=O) groups excluding carboxylic acids is 1. The molecule has 23 heavy (non-hydrogen) atoms. The molecule has 0 fully saturated rings. The molecule has 0 amide bonds. The second-order valence-corrected chi connectivity index (χ2v) is 11.0. The Kier molecular flexibility index (Phi) is 8.08. The van der Waals surface area contributed by atoms with Crippen LogP contribution in [0.3, 0.4) is 0 Å². The van der Waals surface area contributed by atoms with Crippen LogP contribution in [0.5, 0.6) is 0 Å². The molecule has 0 spiro atoms. The van der Waals surface area contributed by atoms with Gasteiger partial charge in [-0.1, -0.05) is 0 Å². The summed E-state index contributed by atoms with van der Waals surface area (Å²) in [6, 6.07) is 4.66. The fourth-order valence-corrected chi connectivity index (χ4v) is 2.50. The van der Waals surface area contributed by atoms with Crippen LogP contribution in [0, 0.1) is 22.7 Å². The molecule has 0 aromatic heterocycles. The summed E-state index contributed by atoms with van der Waals surface area (Å²) in [6.45, 7) is 8.68. The largest absolute Gasteiger partial charge is 0.466 e. The molecule has 0 saturated carbocycles. The molecule has 1 N–H and O–H groups in total. The van der Waals surface area contributed by atoms with Crippen molar-refractivity contribution in [2.75, 3.05) is 6.61 Å². The summed E-state index contributed by atoms with van der Waals surface area (Å²) in [5.74, 6) is -0.404. The Bertz CT molecular complexity index is 514. The van der Waals surface area contributed by atoms with Gasteiger partial charge in [0.05, 0.1) is 18.7 Å². The van der Waals surface area contributed by atoms with E-state index < -0.39 is 25.4 Å². The highest BCUT2D eigenvalue weighted by atomic mass is 28.4. The van der Waals surface area contributed by atoms with E-state index in [2.05, 4.69) is 10.2 Å². The molecule has 0 bridgehead atoms. The van der Waals surface area contributed by atoms with Crippen molar-refractivity contribution >= 4 is 14.3 Å². The molecule has 0 aliphatic rings. The van der Waals surface area contributed by atoms with Gasteiger partial charge < -0.3 is 9.53 Å². The van der Waals surface area contributed by atoms with E-state index in [1.165, 1.54) is 0 Å². The van der Waals surface area contributed by atoms with Crippen LogP contribution in [-0.2, 0) is 9.53 Å². The van der Waals surface area contributed by atoms with E-state index in [4.69, 9.17) is 10.00 Å². The maximum Gasteiger partial charge on any atom is 0.305 e. The number of nitrogens with zero attached hydrogens (tertiary/aromatic N) is 4. The number of ether oxygens (including phenoxy) is 1. The Hall–Kier alpha value is -1.77. The van der Waals surface area contributed by atoms with Gasteiger partial charge in [-0.25, -0.2) is 0 Å². The van der Waals surface area contributed by atoms with E-state index in [-0.39, 0.29) is 19.4 Å². The van der Waals surface area contributed by atoms with Crippen molar-refractivity contribution in [3.05, 3.63) is 0 Å². The molecular formula is C15H26N4O3Si. The Balaban J connectivity index is 4.33. The van der Waals surface area contributed by atoms with E-state index in [0.717, 1.165) is 0 Å². The Morgan fingerprint density at radius 1 is 1.22 bits per heavy atom. The molecule has 0 saturated heterocycles. The average molecular weight is 338 g/mol. The second-order valence-electron chi connectivity index (χ2n) is 6.89. The number of esters is 1. The van der Waals surface area contributed by atoms with Crippen molar-refractivity contribution in [3.8, 4) is 12.1 Å². The summed E-state index contributed by atoms with van der Waals surface area (Å²) in [5, 5.41) is 25.9. The first-order valence-electron chi connectivity index (χ1n) is 7.58. The molecule has 1 atom stereocenters. The van der Waals surface area contributed by atoms with Crippen LogP contribution in [0.1, 0.15) is 40.0 Å². The zero-order chi connectivity index (χ0) is 18.1. The normalized spacial score (nSPS) is 14.8. The molecule has 8 heteroatoms. The summed E-state index contributed by atoms with van der Waals surface area (Å²) in [7, 11) is -2.10. The minimum Gasteiger partial charge on any atom is -0.466 e. The van der Waals surface area contributed by atoms with Crippen molar-refractivity contribution in [2.24, 2.45) is 10.2 Å². The van der Waals surface area contributed by atoms with Gasteiger partial charge in [0.1, 0.15) is 0 Å². The van der Waals surface area contributed by atoms with Crippen LogP contribution in [0.25, 0.3) is 0 Å². The van der Waals surface area contributed by atoms with Crippen LogP contribution in [0.15, 0.2) is 10.2 Å². The minimum absolute atomic E-state index is 0.0516. The van der Waals surface area contributed by atoms with Gasteiger partial charge >= 0.3 is 5.97 Å². The predicted molar refractivity (Wildman–Crippen MR) is 87.9 cm³/mol. The summed E-state index contributed by atoms with van der Waals surface area (Å²) in [6.07, 6.45) is 0.858. The van der Waals surface area contributed by atoms with Gasteiger partial charge in [-0.3, -0.25) is 4.79 Å². The molecule has 128 valence electrons. The van der Waals surface area contributed by atoms with Gasteiger partial charge in [-0.15, -0.1) is 0 Å². The van der Waals surface area contributed by atoms with Gasteiger partial charge in [-0.05, 0) is 52.8 Å². The van der Waals surface area contributed by atoms with Crippen molar-refractivity contribution in [1.82, 2.24) is 0 Å². The van der Waals surface area contributed by atoms with E-state index in [0.29, 0.717) is 12.5 Å². The van der Waals surface area contributed by atoms with E-state index in [1.807, 2.05) is 25.2 Å². The zero-order valence-electron chi connectivity index (χ0n) is 14.6. The van der Waals surface area contributed by atoms with Crippen LogP contribution in [-0.4, -0.2) is 36.8 Å². The summed E-state index contributed by atoms with van der Waals surface area (Å²) in [5.41, 5.74) is -2.16. The van der Waals surface area contributed by atoms with Crippen LogP contribution in [0.4, 0.5) is 0 Å². The first-order valence-corrected chi connectivity index (χ1v) is 10.7. The number of hydrogen-bond acceptors (Lipinski definition) is 7. The number of hydrogen-bond donors (Lipinski definition) is 1. The third kappa shape index (κ3) is 10.6. The lowest BCUT2D eigenvalue weighted by Gasteiger charge is -2.17. The summed E-state index contributed by atoms with van der Waals surface area (Å²) in [4.78, 5) is 21.4. The molecule has 0 aliphatic carbocycles. The van der Waals surface area contributed by atoms with Crippen LogP contribution >= 0.6 is 0 Å². The highest BCUT2D eigenvalue weighted by molar-refractivity contribution is 6.69. The quantitative estimate of drug-likeness (QED) is 0.300. The first-order chi connectivity index (χ1) is 10.4. The minimum atomic E-state index is -2.10. The van der Waals surface area contributed by atoms with Gasteiger partial charge in [0.15, 0.2) is 19.4 Å². The number of carbonyl (C=O) groups is 1. The number of rotatable bonds is 9. The van der Waals surface area contributed by atoms with Crippen LogP contribution in [0.2, 0.25) is 19.1 Å². The van der Waals surface area contributed by atoms with Crippen LogP contribution < -0.4 is 0 Å². The Morgan fingerprint density at radius 3 is 2.30 bits per heavy atom. The third-order valence-corrected chi connectivity index (χ3v) is 4.62. The molecule has 7 nitrogen and oxygen atoms in total. The second kappa shape index (κ2) is 8.75. The van der Waals surface area contributed by atoms with Gasteiger partial charge in [-0.2, -0.15) is 20.8 Å². The molecule has 0 aromatic rings. The predicted octanol–water partition coefficient (Wildman–Crippen LogP) is 2.93. The van der Waals surface area contributed by atoms with E-state index in [9.17, 15) is 14.9 Å². The molecule has 0 rings (SSSR count). The summed E-state index contributed by atoms with van der Waals surface area (Å²) < 4.78 is 5.08. The zero-order valence-corrected chi connectivity index (χ0v) is 15.6. The molecule has 1 unspecified atom stereocenters. The standard InChI is InChI=1S/C15H26N4O3Si/c1-14(2,11-16)18-19-15(3,12-17)8-7-13(20)22-9-6-10-23(4,5)21/h21H,6-10H2,1-5H3. The molecule has 0 aromatic carbocycles. The topological polar surface area (TPSA) is 119 Å². The summed E-state index contributed by atoms with van der Waals surface area (Å²) >= 11 is 0. The number of azo groups is 1. The lowest BCUT2D eigenvalue weighted by molar-refractivity contribution is -0.144. The fourth-order valence-electron chi connectivity index (χ4n) is 1.49. The van der Waals surface area contributed by atoms with Gasteiger partial charge in [0, 0.05) is 6.42 Å². The maximum atomic E-state index is 11.7. The van der Waals surface area contributed by atoms with Crippen molar-refractivity contribution < 1.29 is 14.3 Å². The van der Waals surface area contributed by atoms with Crippen molar-refractivity contribution in [2.45, 2.75) is 70.2 Å². The lowest BCUT2D eigenvalue weighted by atomic mass is 9.99. The first kappa shape index (κ1) is 21.2. The molecule has 0 heterocycles. The molecule has 0 aliphatic heterocycles. The highest BCUT2D eigenvalue weighted by Gasteiger charge is 2.27. The van der Waals surface area contributed by atoms with Crippen molar-refractivity contribution in [1.29, 1.82) is 10.5 Å². The monoisotopic (exact) mass is 338 g/mol. The third-order valence-electron chi connectivity index (χ3n) is 3.05. The van der Waals surface area contributed by atoms with Gasteiger partial charge in [0.2, 0.25) is 0 Å². The Labute approximate surface area is 139 Å². The molecular weight excluding hydrogens is 312 g/mol. The SMILES string of the molecule is CC(C)(C#N)N=NC(C)(C#N)CCC(=O)OCCC[Si](C)(C)O. The highest BCUT2D eigenvalue weighted by Crippen LogP contribution is 2.20. The Morgan fingerprint density at radius 2 is 1.83 bits per heavy atom. The smallest absolute Gasteiger partial charge is 0.305 e. The molecule has 0 radical (unpaired) electrons. The fraction of sp³-hybridized carbons (Fsp3) is 0.800. The lowest BCUT2D eigenvalue weighted by Crippen LogP contribution is -2.25. The van der Waals surface area contributed by atoms with Gasteiger partial charge in [0.25, 0.3) is 0 Å². The van der Waals surface area contributed by atoms with E-state index in [1.54, 1.807) is 20.8 Å². The average Bonchev–Trinajstić information content (AvgIpc) is 2.47. The van der Waals surface area contributed by atoms with Crippen molar-refractivity contribution in [3.63, 3.8) is 0 Å². The maximum absolute atomic E-state index is 11.7.